The number of hydrogen-bond donors (Lipinski definition) is 0. The standard InChI is InChI=1S/C48H30N6/c1-3-14-31(15-4-1)41-29-42(32-16-5-2-6-17-32)52-48(51-41)54-45-25-12-8-21-36(45)38-27-26-37-35-20-7-11-24-44(35)53(46(37)47(38)54)34-19-13-18-33(28-34)43-30-49-39-22-9-10-23-40(39)50-43/h1-30H. The van der Waals surface area contributed by atoms with E-state index in [1.54, 1.807) is 0 Å². The van der Waals surface area contributed by atoms with Crippen molar-refractivity contribution in [3.8, 4) is 45.4 Å². The molecule has 6 heteroatoms. The Morgan fingerprint density at radius 2 is 0.889 bits per heavy atom. The van der Waals surface area contributed by atoms with E-state index >= 15 is 0 Å². The van der Waals surface area contributed by atoms with Crippen LogP contribution in [-0.2, 0) is 0 Å². The van der Waals surface area contributed by atoms with E-state index in [1.165, 1.54) is 5.39 Å². The van der Waals surface area contributed by atoms with Crippen LogP contribution >= 0.6 is 0 Å². The van der Waals surface area contributed by atoms with Gasteiger partial charge < -0.3 is 4.57 Å². The molecule has 4 heterocycles. The highest BCUT2D eigenvalue weighted by Gasteiger charge is 2.23. The largest absolute Gasteiger partial charge is 0.307 e. The SMILES string of the molecule is c1ccc(-c2cc(-c3ccccc3)nc(-n3c4ccccc4c4ccc5c6ccccc6n(-c6cccc(-c7cnc8ccccc8n7)c6)c5c43)n2)cc1. The van der Waals surface area contributed by atoms with Crippen molar-refractivity contribution >= 4 is 54.6 Å². The van der Waals surface area contributed by atoms with Crippen molar-refractivity contribution in [1.29, 1.82) is 0 Å². The molecular weight excluding hydrogens is 661 g/mol. The Bertz CT molecular complexity index is 3160. The molecule has 0 unspecified atom stereocenters. The lowest BCUT2D eigenvalue weighted by molar-refractivity contribution is 0.995. The Morgan fingerprint density at radius 1 is 0.352 bits per heavy atom. The van der Waals surface area contributed by atoms with Crippen molar-refractivity contribution < 1.29 is 0 Å². The van der Waals surface area contributed by atoms with Gasteiger partial charge in [0.05, 0.1) is 56.4 Å². The molecule has 0 fully saturated rings. The highest BCUT2D eigenvalue weighted by atomic mass is 15.2. The van der Waals surface area contributed by atoms with Crippen molar-refractivity contribution in [2.75, 3.05) is 0 Å². The molecule has 0 radical (unpaired) electrons. The van der Waals surface area contributed by atoms with E-state index in [9.17, 15) is 0 Å². The molecule has 11 rings (SSSR count). The highest BCUT2D eigenvalue weighted by molar-refractivity contribution is 6.23. The molecule has 0 aliphatic rings. The molecule has 0 aliphatic carbocycles. The zero-order valence-electron chi connectivity index (χ0n) is 29.0. The lowest BCUT2D eigenvalue weighted by Gasteiger charge is -2.14. The van der Waals surface area contributed by atoms with Gasteiger partial charge in [-0.1, -0.05) is 133 Å². The summed E-state index contributed by atoms with van der Waals surface area (Å²) in [4.78, 5) is 20.4. The van der Waals surface area contributed by atoms with Crippen molar-refractivity contribution in [2.24, 2.45) is 0 Å². The molecule has 0 amide bonds. The minimum atomic E-state index is 0.617. The van der Waals surface area contributed by atoms with Crippen LogP contribution in [0.3, 0.4) is 0 Å². The van der Waals surface area contributed by atoms with E-state index in [4.69, 9.17) is 19.9 Å². The van der Waals surface area contributed by atoms with Crippen LogP contribution < -0.4 is 0 Å². The molecule has 7 aromatic carbocycles. The average Bonchev–Trinajstić information content (AvgIpc) is 3.77. The summed E-state index contributed by atoms with van der Waals surface area (Å²) in [5, 5.41) is 4.60. The molecular formula is C48H30N6. The first-order valence-electron chi connectivity index (χ1n) is 18.1. The normalized spacial score (nSPS) is 11.7. The zero-order valence-corrected chi connectivity index (χ0v) is 29.0. The number of rotatable bonds is 5. The van der Waals surface area contributed by atoms with Crippen LogP contribution in [0.4, 0.5) is 0 Å². The number of para-hydroxylation sites is 4. The quantitative estimate of drug-likeness (QED) is 0.180. The van der Waals surface area contributed by atoms with Gasteiger partial charge in [-0.3, -0.25) is 9.55 Å². The minimum Gasteiger partial charge on any atom is -0.307 e. The Labute approximate surface area is 310 Å². The van der Waals surface area contributed by atoms with Crippen molar-refractivity contribution in [2.45, 2.75) is 0 Å². The Hall–Kier alpha value is -7.44. The maximum Gasteiger partial charge on any atom is 0.235 e. The number of fused-ring (bicyclic) bond motifs is 8. The van der Waals surface area contributed by atoms with Crippen LogP contribution in [0.15, 0.2) is 182 Å². The van der Waals surface area contributed by atoms with Gasteiger partial charge in [-0.2, -0.15) is 0 Å². The zero-order chi connectivity index (χ0) is 35.6. The fourth-order valence-electron chi connectivity index (χ4n) is 7.93. The molecule has 0 bridgehead atoms. The fraction of sp³-hybridized carbons (Fsp3) is 0. The van der Waals surface area contributed by atoms with E-state index in [2.05, 4.69) is 149 Å². The topological polar surface area (TPSA) is 61.4 Å². The Kier molecular flexibility index (Phi) is 6.75. The molecule has 0 atom stereocenters. The smallest absolute Gasteiger partial charge is 0.235 e. The summed E-state index contributed by atoms with van der Waals surface area (Å²) in [5.41, 5.74) is 12.7. The first-order valence-corrected chi connectivity index (χ1v) is 18.1. The molecule has 0 aliphatic heterocycles. The van der Waals surface area contributed by atoms with Crippen LogP contribution in [0.1, 0.15) is 0 Å². The lowest BCUT2D eigenvalue weighted by atomic mass is 10.1. The van der Waals surface area contributed by atoms with Gasteiger partial charge in [0.1, 0.15) is 0 Å². The summed E-state index contributed by atoms with van der Waals surface area (Å²) in [6.45, 7) is 0. The summed E-state index contributed by atoms with van der Waals surface area (Å²) < 4.78 is 4.65. The molecule has 0 spiro atoms. The second kappa shape index (κ2) is 12.1. The lowest BCUT2D eigenvalue weighted by Crippen LogP contribution is -2.05. The maximum absolute atomic E-state index is 5.34. The van der Waals surface area contributed by atoms with E-state index in [0.717, 1.165) is 88.7 Å². The van der Waals surface area contributed by atoms with Crippen LogP contribution in [0, 0.1) is 0 Å². The predicted molar refractivity (Wildman–Crippen MR) is 220 cm³/mol. The highest BCUT2D eigenvalue weighted by Crippen LogP contribution is 2.42. The summed E-state index contributed by atoms with van der Waals surface area (Å²) in [7, 11) is 0. The van der Waals surface area contributed by atoms with Gasteiger partial charge in [-0.25, -0.2) is 15.0 Å². The molecule has 252 valence electrons. The summed E-state index contributed by atoms with van der Waals surface area (Å²) in [6, 6.07) is 61.2. The third kappa shape index (κ3) is 4.74. The summed E-state index contributed by atoms with van der Waals surface area (Å²) >= 11 is 0. The van der Waals surface area contributed by atoms with Crippen LogP contribution in [0.25, 0.3) is 100 Å². The Morgan fingerprint density at radius 3 is 1.56 bits per heavy atom. The minimum absolute atomic E-state index is 0.617. The monoisotopic (exact) mass is 690 g/mol. The first kappa shape index (κ1) is 30.2. The molecule has 11 aromatic rings. The average molecular weight is 691 g/mol. The molecule has 0 N–H and O–H groups in total. The van der Waals surface area contributed by atoms with Crippen molar-refractivity contribution in [1.82, 2.24) is 29.1 Å². The summed E-state index contributed by atoms with van der Waals surface area (Å²) in [5.74, 6) is 0.617. The number of nitrogens with zero attached hydrogens (tertiary/aromatic N) is 6. The Balaban J connectivity index is 1.25. The predicted octanol–water partition coefficient (Wildman–Crippen LogP) is 11.6. The van der Waals surface area contributed by atoms with Gasteiger partial charge in [-0.15, -0.1) is 0 Å². The second-order valence-corrected chi connectivity index (χ2v) is 13.5. The van der Waals surface area contributed by atoms with E-state index < -0.39 is 0 Å². The van der Waals surface area contributed by atoms with Gasteiger partial charge in [-0.05, 0) is 42.5 Å². The van der Waals surface area contributed by atoms with E-state index in [1.807, 2.05) is 42.6 Å². The summed E-state index contributed by atoms with van der Waals surface area (Å²) in [6.07, 6.45) is 1.87. The fourth-order valence-corrected chi connectivity index (χ4v) is 7.93. The van der Waals surface area contributed by atoms with Crippen LogP contribution in [-0.4, -0.2) is 29.1 Å². The molecule has 54 heavy (non-hydrogen) atoms. The van der Waals surface area contributed by atoms with Gasteiger partial charge in [0.2, 0.25) is 5.95 Å². The van der Waals surface area contributed by atoms with Crippen LogP contribution in [0.5, 0.6) is 0 Å². The van der Waals surface area contributed by atoms with E-state index in [-0.39, 0.29) is 0 Å². The van der Waals surface area contributed by atoms with Gasteiger partial charge in [0.15, 0.2) is 0 Å². The first-order chi connectivity index (χ1) is 26.8. The van der Waals surface area contributed by atoms with Gasteiger partial charge in [0.25, 0.3) is 0 Å². The molecule has 4 aromatic heterocycles. The van der Waals surface area contributed by atoms with Gasteiger partial charge in [0, 0.05) is 43.9 Å². The number of benzene rings is 7. The second-order valence-electron chi connectivity index (χ2n) is 13.5. The number of aromatic nitrogens is 6. The van der Waals surface area contributed by atoms with Crippen molar-refractivity contribution in [3.05, 3.63) is 182 Å². The van der Waals surface area contributed by atoms with E-state index in [0.29, 0.717) is 5.95 Å². The third-order valence-corrected chi connectivity index (χ3v) is 10.4. The van der Waals surface area contributed by atoms with Crippen molar-refractivity contribution in [3.63, 3.8) is 0 Å². The van der Waals surface area contributed by atoms with Crippen LogP contribution in [0.2, 0.25) is 0 Å². The third-order valence-electron chi connectivity index (χ3n) is 10.4. The molecule has 0 saturated carbocycles. The van der Waals surface area contributed by atoms with Gasteiger partial charge >= 0.3 is 0 Å². The maximum atomic E-state index is 5.34. The number of hydrogen-bond acceptors (Lipinski definition) is 4. The molecule has 0 saturated heterocycles. The molecule has 6 nitrogen and oxygen atoms in total.